The van der Waals surface area contributed by atoms with Gasteiger partial charge in [-0.1, -0.05) is 48.5 Å². The summed E-state index contributed by atoms with van der Waals surface area (Å²) in [6.45, 7) is 8.70. The van der Waals surface area contributed by atoms with Gasteiger partial charge in [0, 0.05) is 29.0 Å². The minimum atomic E-state index is 0.0575. The van der Waals surface area contributed by atoms with Gasteiger partial charge < -0.3 is 14.4 Å². The molecule has 0 spiro atoms. The van der Waals surface area contributed by atoms with E-state index in [-0.39, 0.29) is 6.71 Å². The van der Waals surface area contributed by atoms with Crippen LogP contribution in [0.5, 0.6) is 23.0 Å². The van der Waals surface area contributed by atoms with Crippen LogP contribution < -0.4 is 30.8 Å². The molecule has 0 aromatic heterocycles. The van der Waals surface area contributed by atoms with Crippen LogP contribution in [0.15, 0.2) is 97.1 Å². The Kier molecular flexibility index (Phi) is 5.12. The van der Waals surface area contributed by atoms with Crippen LogP contribution in [0.2, 0.25) is 0 Å². The number of anilines is 3. The number of nitrogens with zero attached hydrogens (tertiary/aromatic N) is 1. The van der Waals surface area contributed by atoms with E-state index in [2.05, 4.69) is 118 Å². The lowest BCUT2D eigenvalue weighted by molar-refractivity contribution is 0.464. The zero-order valence-corrected chi connectivity index (χ0v) is 22.1. The fourth-order valence-corrected chi connectivity index (χ4v) is 5.74. The van der Waals surface area contributed by atoms with Crippen LogP contribution in [-0.4, -0.2) is 6.71 Å². The third-order valence-electron chi connectivity index (χ3n) is 7.98. The Bertz CT molecular complexity index is 1590. The molecule has 184 valence electrons. The number of hydrogen-bond acceptors (Lipinski definition) is 3. The number of rotatable bonds is 3. The molecule has 0 N–H and O–H groups in total. The van der Waals surface area contributed by atoms with Crippen molar-refractivity contribution >= 4 is 40.2 Å². The summed E-state index contributed by atoms with van der Waals surface area (Å²) >= 11 is 0. The van der Waals surface area contributed by atoms with Crippen LogP contribution in [0, 0.1) is 27.7 Å². The van der Waals surface area contributed by atoms with E-state index in [1.807, 2.05) is 12.1 Å². The van der Waals surface area contributed by atoms with E-state index in [0.717, 1.165) is 45.5 Å². The first-order chi connectivity index (χ1) is 18.5. The van der Waals surface area contributed by atoms with Crippen molar-refractivity contribution in [3.05, 3.63) is 119 Å². The van der Waals surface area contributed by atoms with Crippen molar-refractivity contribution in [3.63, 3.8) is 0 Å². The Labute approximate surface area is 224 Å². The standard InChI is InChI=1S/C34H28BNO2/c1-21-15-28-30(17-23(21)3)37-32-19-27(36(25-11-7-5-8-12-25)26-13-9-6-10-14-26)20-33-34(32)35(28)29-16-22(2)24(4)18-31(29)38-33/h5-20H,1-4H3. The summed E-state index contributed by atoms with van der Waals surface area (Å²) in [6, 6.07) is 34.2. The number of benzene rings is 5. The number of aryl methyl sites for hydroxylation is 4. The van der Waals surface area contributed by atoms with Crippen molar-refractivity contribution in [2.45, 2.75) is 27.7 Å². The molecule has 0 radical (unpaired) electrons. The average Bonchev–Trinajstić information content (AvgIpc) is 2.92. The van der Waals surface area contributed by atoms with Gasteiger partial charge in [0.05, 0.1) is 5.69 Å². The molecule has 2 aliphatic rings. The second kappa shape index (κ2) is 8.56. The van der Waals surface area contributed by atoms with Crippen LogP contribution in [0.1, 0.15) is 22.3 Å². The van der Waals surface area contributed by atoms with Gasteiger partial charge in [-0.15, -0.1) is 0 Å². The molecule has 38 heavy (non-hydrogen) atoms. The van der Waals surface area contributed by atoms with Crippen LogP contribution in [0.25, 0.3) is 0 Å². The number of ether oxygens (including phenoxy) is 2. The van der Waals surface area contributed by atoms with Gasteiger partial charge in [-0.3, -0.25) is 0 Å². The monoisotopic (exact) mass is 493 g/mol. The summed E-state index contributed by atoms with van der Waals surface area (Å²) in [4.78, 5) is 2.25. The fraction of sp³-hybridized carbons (Fsp3) is 0.118. The highest BCUT2D eigenvalue weighted by molar-refractivity contribution is 6.98. The molecule has 0 bridgehead atoms. The molecule has 0 amide bonds. The van der Waals surface area contributed by atoms with E-state index >= 15 is 0 Å². The Morgan fingerprint density at radius 2 is 0.895 bits per heavy atom. The lowest BCUT2D eigenvalue weighted by atomic mass is 9.34. The lowest BCUT2D eigenvalue weighted by Gasteiger charge is -2.35. The molecule has 5 aromatic carbocycles. The maximum absolute atomic E-state index is 6.68. The van der Waals surface area contributed by atoms with Gasteiger partial charge in [-0.05, 0) is 97.3 Å². The Balaban J connectivity index is 1.49. The van der Waals surface area contributed by atoms with Crippen LogP contribution in [0.3, 0.4) is 0 Å². The summed E-state index contributed by atoms with van der Waals surface area (Å²) < 4.78 is 13.4. The van der Waals surface area contributed by atoms with Gasteiger partial charge in [0.15, 0.2) is 0 Å². The van der Waals surface area contributed by atoms with E-state index in [9.17, 15) is 0 Å². The zero-order chi connectivity index (χ0) is 26.0. The number of fused-ring (bicyclic) bond motifs is 4. The molecule has 0 unspecified atom stereocenters. The third kappa shape index (κ3) is 3.52. The molecule has 0 atom stereocenters. The maximum Gasteiger partial charge on any atom is 0.260 e. The van der Waals surface area contributed by atoms with Crippen molar-refractivity contribution < 1.29 is 9.47 Å². The molecule has 0 fully saturated rings. The Morgan fingerprint density at radius 1 is 0.474 bits per heavy atom. The molecular formula is C34H28BNO2. The van der Waals surface area contributed by atoms with Gasteiger partial charge in [0.2, 0.25) is 0 Å². The smallest absolute Gasteiger partial charge is 0.260 e. The largest absolute Gasteiger partial charge is 0.458 e. The molecule has 7 rings (SSSR count). The number of para-hydroxylation sites is 2. The van der Waals surface area contributed by atoms with E-state index in [4.69, 9.17) is 9.47 Å². The minimum absolute atomic E-state index is 0.0575. The Hall–Kier alpha value is -4.44. The highest BCUT2D eigenvalue weighted by atomic mass is 16.5. The van der Waals surface area contributed by atoms with Gasteiger partial charge >= 0.3 is 0 Å². The Morgan fingerprint density at radius 3 is 1.34 bits per heavy atom. The molecular weight excluding hydrogens is 465 g/mol. The highest BCUT2D eigenvalue weighted by Crippen LogP contribution is 2.42. The van der Waals surface area contributed by atoms with Gasteiger partial charge in [-0.25, -0.2) is 0 Å². The minimum Gasteiger partial charge on any atom is -0.458 e. The predicted octanol–water partition coefficient (Wildman–Crippen LogP) is 7.12. The van der Waals surface area contributed by atoms with E-state index in [1.54, 1.807) is 0 Å². The molecule has 0 saturated heterocycles. The molecule has 2 aliphatic heterocycles. The van der Waals surface area contributed by atoms with Crippen LogP contribution in [0.4, 0.5) is 17.1 Å². The second-order valence-corrected chi connectivity index (χ2v) is 10.4. The normalized spacial score (nSPS) is 12.6. The van der Waals surface area contributed by atoms with Crippen molar-refractivity contribution in [3.8, 4) is 23.0 Å². The molecule has 0 saturated carbocycles. The zero-order valence-electron chi connectivity index (χ0n) is 22.1. The van der Waals surface area contributed by atoms with Crippen LogP contribution in [-0.2, 0) is 0 Å². The third-order valence-corrected chi connectivity index (χ3v) is 7.98. The quantitative estimate of drug-likeness (QED) is 0.245. The number of hydrogen-bond donors (Lipinski definition) is 0. The maximum atomic E-state index is 6.68. The second-order valence-electron chi connectivity index (χ2n) is 10.4. The average molecular weight is 493 g/mol. The topological polar surface area (TPSA) is 21.7 Å². The summed E-state index contributed by atoms with van der Waals surface area (Å²) in [5.74, 6) is 3.54. The van der Waals surface area contributed by atoms with Crippen molar-refractivity contribution in [2.24, 2.45) is 0 Å². The van der Waals surface area contributed by atoms with Crippen molar-refractivity contribution in [1.29, 1.82) is 0 Å². The molecule has 0 aliphatic carbocycles. The van der Waals surface area contributed by atoms with Gasteiger partial charge in [0.25, 0.3) is 6.71 Å². The SMILES string of the molecule is Cc1cc2c(cc1C)B1c3cc(C)c(C)cc3Oc3cc(N(c4ccccc4)c4ccccc4)cc(c31)O2. The van der Waals surface area contributed by atoms with E-state index < -0.39 is 0 Å². The first kappa shape index (κ1) is 22.7. The predicted molar refractivity (Wildman–Crippen MR) is 158 cm³/mol. The van der Waals surface area contributed by atoms with Crippen LogP contribution >= 0.6 is 0 Å². The highest BCUT2D eigenvalue weighted by Gasteiger charge is 2.41. The van der Waals surface area contributed by atoms with Gasteiger partial charge in [0.1, 0.15) is 23.0 Å². The summed E-state index contributed by atoms with van der Waals surface area (Å²) in [5, 5.41) is 0. The molecule has 4 heteroatoms. The van der Waals surface area contributed by atoms with Gasteiger partial charge in [-0.2, -0.15) is 0 Å². The molecule has 3 nitrogen and oxygen atoms in total. The summed E-state index contributed by atoms with van der Waals surface area (Å²) in [7, 11) is 0. The lowest BCUT2D eigenvalue weighted by Crippen LogP contribution is -2.57. The van der Waals surface area contributed by atoms with Crippen molar-refractivity contribution in [1.82, 2.24) is 0 Å². The van der Waals surface area contributed by atoms with E-state index in [1.165, 1.54) is 33.2 Å². The molecule has 5 aromatic rings. The van der Waals surface area contributed by atoms with E-state index in [0.29, 0.717) is 0 Å². The first-order valence-electron chi connectivity index (χ1n) is 13.1. The summed E-state index contributed by atoms with van der Waals surface area (Å²) in [6.07, 6.45) is 0. The summed E-state index contributed by atoms with van der Waals surface area (Å²) in [5.41, 5.74) is 11.6. The van der Waals surface area contributed by atoms with Crippen molar-refractivity contribution in [2.75, 3.05) is 4.90 Å². The first-order valence-corrected chi connectivity index (χ1v) is 13.1. The fourth-order valence-electron chi connectivity index (χ4n) is 5.74. The molecule has 2 heterocycles.